The maximum Gasteiger partial charge on any atom is 0.148 e. The van der Waals surface area contributed by atoms with Crippen LogP contribution in [0.15, 0.2) is 33.4 Å². The lowest BCUT2D eigenvalue weighted by atomic mass is 10.0. The molecule has 0 bridgehead atoms. The highest BCUT2D eigenvalue weighted by atomic mass is 79.9. The van der Waals surface area contributed by atoms with Gasteiger partial charge in [0.05, 0.1) is 22.8 Å². The third kappa shape index (κ3) is 3.04. The molecule has 0 radical (unpaired) electrons. The molecule has 5 heteroatoms. The van der Waals surface area contributed by atoms with E-state index in [1.54, 1.807) is 6.07 Å². The standard InChI is InChI=1S/C14H14BrF2NO/c1-2-6-18-8-12-9(5-7-19-12)13-11(16)4-3-10(15)14(13)17/h3-5,7,18H,2,6,8H2,1H3. The van der Waals surface area contributed by atoms with Crippen LogP contribution in [0.4, 0.5) is 8.78 Å². The van der Waals surface area contributed by atoms with Gasteiger partial charge in [0, 0.05) is 5.56 Å². The van der Waals surface area contributed by atoms with Crippen molar-refractivity contribution < 1.29 is 13.2 Å². The third-order valence-electron chi connectivity index (χ3n) is 2.77. The molecule has 2 rings (SSSR count). The normalized spacial score (nSPS) is 10.9. The van der Waals surface area contributed by atoms with Crippen molar-refractivity contribution in [2.45, 2.75) is 19.9 Å². The molecule has 0 fully saturated rings. The Morgan fingerprint density at radius 2 is 2.05 bits per heavy atom. The van der Waals surface area contributed by atoms with Crippen LogP contribution < -0.4 is 5.32 Å². The van der Waals surface area contributed by atoms with E-state index in [0.717, 1.165) is 13.0 Å². The van der Waals surface area contributed by atoms with Crippen LogP contribution in [-0.2, 0) is 6.54 Å². The van der Waals surface area contributed by atoms with E-state index in [1.165, 1.54) is 18.4 Å². The molecule has 2 aromatic rings. The molecule has 1 heterocycles. The van der Waals surface area contributed by atoms with Gasteiger partial charge in [-0.05, 0) is 47.1 Å². The number of halogens is 3. The fourth-order valence-corrected chi connectivity index (χ4v) is 2.18. The van der Waals surface area contributed by atoms with Crippen LogP contribution >= 0.6 is 15.9 Å². The lowest BCUT2D eigenvalue weighted by Gasteiger charge is -2.07. The fourth-order valence-electron chi connectivity index (χ4n) is 1.85. The molecule has 1 aromatic carbocycles. The Balaban J connectivity index is 2.37. The highest BCUT2D eigenvalue weighted by Crippen LogP contribution is 2.33. The summed E-state index contributed by atoms with van der Waals surface area (Å²) < 4.78 is 33.4. The average molecular weight is 330 g/mol. The smallest absolute Gasteiger partial charge is 0.148 e. The molecular formula is C14H14BrF2NO. The summed E-state index contributed by atoms with van der Waals surface area (Å²) in [4.78, 5) is 0. The average Bonchev–Trinajstić information content (AvgIpc) is 2.83. The lowest BCUT2D eigenvalue weighted by molar-refractivity contribution is 0.483. The summed E-state index contributed by atoms with van der Waals surface area (Å²) in [6, 6.07) is 4.17. The van der Waals surface area contributed by atoms with E-state index < -0.39 is 11.6 Å². The molecule has 19 heavy (non-hydrogen) atoms. The SMILES string of the molecule is CCCNCc1occc1-c1c(F)ccc(Br)c1F. The second-order valence-corrected chi connectivity index (χ2v) is 5.01. The summed E-state index contributed by atoms with van der Waals surface area (Å²) >= 11 is 3.07. The maximum atomic E-state index is 14.0. The van der Waals surface area contributed by atoms with Crippen molar-refractivity contribution in [3.05, 3.63) is 46.3 Å². The van der Waals surface area contributed by atoms with E-state index in [-0.39, 0.29) is 10.0 Å². The molecule has 102 valence electrons. The predicted octanol–water partition coefficient (Wildman–Crippen LogP) is 4.49. The molecule has 1 N–H and O–H groups in total. The Morgan fingerprint density at radius 1 is 1.26 bits per heavy atom. The van der Waals surface area contributed by atoms with E-state index in [9.17, 15) is 8.78 Å². The zero-order valence-electron chi connectivity index (χ0n) is 10.5. The van der Waals surface area contributed by atoms with Crippen molar-refractivity contribution in [2.75, 3.05) is 6.54 Å². The minimum absolute atomic E-state index is 0.0589. The van der Waals surface area contributed by atoms with Crippen molar-refractivity contribution in [3.8, 4) is 11.1 Å². The third-order valence-corrected chi connectivity index (χ3v) is 3.38. The monoisotopic (exact) mass is 329 g/mol. The summed E-state index contributed by atoms with van der Waals surface area (Å²) in [5.41, 5.74) is 0.385. The Labute approximate surface area is 118 Å². The van der Waals surface area contributed by atoms with Gasteiger partial charge in [-0.2, -0.15) is 0 Å². The second kappa shape index (κ2) is 6.30. The lowest BCUT2D eigenvalue weighted by Crippen LogP contribution is -2.13. The minimum atomic E-state index is -0.613. The number of rotatable bonds is 5. The number of hydrogen-bond acceptors (Lipinski definition) is 2. The van der Waals surface area contributed by atoms with Crippen molar-refractivity contribution in [1.82, 2.24) is 5.32 Å². The van der Waals surface area contributed by atoms with Gasteiger partial charge in [0.25, 0.3) is 0 Å². The first-order valence-corrected chi connectivity index (χ1v) is 6.85. The van der Waals surface area contributed by atoms with Crippen LogP contribution in [0.5, 0.6) is 0 Å². The topological polar surface area (TPSA) is 25.2 Å². The van der Waals surface area contributed by atoms with Crippen molar-refractivity contribution in [1.29, 1.82) is 0 Å². The summed E-state index contributed by atoms with van der Waals surface area (Å²) in [5, 5.41) is 3.15. The van der Waals surface area contributed by atoms with Crippen molar-refractivity contribution in [3.63, 3.8) is 0 Å². The van der Waals surface area contributed by atoms with E-state index in [2.05, 4.69) is 21.2 Å². The number of hydrogen-bond donors (Lipinski definition) is 1. The van der Waals surface area contributed by atoms with Gasteiger partial charge in [-0.25, -0.2) is 8.78 Å². The van der Waals surface area contributed by atoms with E-state index >= 15 is 0 Å². The van der Waals surface area contributed by atoms with Gasteiger partial charge < -0.3 is 9.73 Å². The highest BCUT2D eigenvalue weighted by Gasteiger charge is 2.19. The second-order valence-electron chi connectivity index (χ2n) is 4.15. The molecule has 1 aromatic heterocycles. The molecular weight excluding hydrogens is 316 g/mol. The van der Waals surface area contributed by atoms with Crippen LogP contribution in [0.3, 0.4) is 0 Å². The van der Waals surface area contributed by atoms with Gasteiger partial charge >= 0.3 is 0 Å². The fraction of sp³-hybridized carbons (Fsp3) is 0.286. The zero-order valence-corrected chi connectivity index (χ0v) is 12.1. The van der Waals surface area contributed by atoms with Crippen LogP contribution in [0.1, 0.15) is 19.1 Å². The molecule has 0 aliphatic rings. The summed E-state index contributed by atoms with van der Waals surface area (Å²) in [7, 11) is 0. The maximum absolute atomic E-state index is 14.0. The summed E-state index contributed by atoms with van der Waals surface area (Å²) in [6.07, 6.45) is 2.42. The molecule has 2 nitrogen and oxygen atoms in total. The molecule has 0 saturated heterocycles. The highest BCUT2D eigenvalue weighted by molar-refractivity contribution is 9.10. The quantitative estimate of drug-likeness (QED) is 0.646. The summed E-state index contributed by atoms with van der Waals surface area (Å²) in [5.74, 6) is -0.679. The largest absolute Gasteiger partial charge is 0.467 e. The molecule has 0 amide bonds. The molecule has 0 unspecified atom stereocenters. The van der Waals surface area contributed by atoms with E-state index in [1.807, 2.05) is 6.92 Å². The molecule has 0 saturated carbocycles. The van der Waals surface area contributed by atoms with Crippen molar-refractivity contribution in [2.24, 2.45) is 0 Å². The van der Waals surface area contributed by atoms with Gasteiger partial charge in [-0.3, -0.25) is 0 Å². The van der Waals surface area contributed by atoms with E-state index in [4.69, 9.17) is 4.42 Å². The van der Waals surface area contributed by atoms with Gasteiger partial charge in [0.1, 0.15) is 17.4 Å². The zero-order chi connectivity index (χ0) is 13.8. The van der Waals surface area contributed by atoms with E-state index in [0.29, 0.717) is 17.9 Å². The van der Waals surface area contributed by atoms with Crippen LogP contribution in [-0.4, -0.2) is 6.54 Å². The number of nitrogens with one attached hydrogen (secondary N) is 1. The first-order valence-electron chi connectivity index (χ1n) is 6.06. The minimum Gasteiger partial charge on any atom is -0.467 e. The molecule has 0 atom stereocenters. The van der Waals surface area contributed by atoms with Gasteiger partial charge in [0.15, 0.2) is 0 Å². The molecule has 0 spiro atoms. The molecule has 0 aliphatic heterocycles. The number of benzene rings is 1. The van der Waals surface area contributed by atoms with Crippen LogP contribution in [0.25, 0.3) is 11.1 Å². The molecule has 0 aliphatic carbocycles. The number of furan rings is 1. The van der Waals surface area contributed by atoms with Crippen molar-refractivity contribution >= 4 is 15.9 Å². The first-order chi connectivity index (χ1) is 9.15. The Hall–Kier alpha value is -1.20. The van der Waals surface area contributed by atoms with Crippen LogP contribution in [0, 0.1) is 11.6 Å². The van der Waals surface area contributed by atoms with Gasteiger partial charge in [-0.1, -0.05) is 6.92 Å². The first kappa shape index (κ1) is 14.2. The summed E-state index contributed by atoms with van der Waals surface area (Å²) in [6.45, 7) is 3.31. The van der Waals surface area contributed by atoms with Gasteiger partial charge in [-0.15, -0.1) is 0 Å². The van der Waals surface area contributed by atoms with Crippen LogP contribution in [0.2, 0.25) is 0 Å². The predicted molar refractivity (Wildman–Crippen MR) is 73.8 cm³/mol. The Bertz CT molecular complexity index is 569. The van der Waals surface area contributed by atoms with Gasteiger partial charge in [0.2, 0.25) is 0 Å². The Morgan fingerprint density at radius 3 is 2.79 bits per heavy atom. The Kier molecular flexibility index (Phi) is 4.71.